The first-order valence-electron chi connectivity index (χ1n) is 9.38. The maximum Gasteiger partial charge on any atom is 0.324 e. The third kappa shape index (κ3) is 3.53. The first kappa shape index (κ1) is 19.4. The number of esters is 1. The molecule has 0 bridgehead atoms. The van der Waals surface area contributed by atoms with E-state index in [1.54, 1.807) is 19.1 Å². The first-order chi connectivity index (χ1) is 12.0. The second-order valence-electron chi connectivity index (χ2n) is 6.75. The third-order valence-electron chi connectivity index (χ3n) is 5.14. The average Bonchev–Trinajstić information content (AvgIpc) is 2.62. The van der Waals surface area contributed by atoms with Crippen molar-refractivity contribution in [3.05, 3.63) is 35.4 Å². The van der Waals surface area contributed by atoms with Crippen LogP contribution in [-0.2, 0) is 19.7 Å². The number of unbranched alkanes of at least 4 members (excludes halogenated alkanes) is 2. The van der Waals surface area contributed by atoms with Crippen LogP contribution in [0.4, 0.5) is 0 Å². The summed E-state index contributed by atoms with van der Waals surface area (Å²) in [5.41, 5.74) is 0.549. The molecule has 1 aliphatic rings. The Morgan fingerprint density at radius 2 is 1.64 bits per heavy atom. The van der Waals surface area contributed by atoms with E-state index in [0.29, 0.717) is 18.4 Å². The minimum Gasteiger partial charge on any atom is -0.465 e. The van der Waals surface area contributed by atoms with E-state index in [1.165, 1.54) is 0 Å². The zero-order chi connectivity index (χ0) is 18.4. The molecule has 1 atom stereocenters. The zero-order valence-corrected chi connectivity index (χ0v) is 15.5. The minimum atomic E-state index is -1.32. The Balaban J connectivity index is 2.61. The van der Waals surface area contributed by atoms with Crippen LogP contribution >= 0.6 is 0 Å². The second kappa shape index (κ2) is 8.41. The van der Waals surface area contributed by atoms with Crippen molar-refractivity contribution in [1.29, 1.82) is 0 Å². The predicted molar refractivity (Wildman–Crippen MR) is 96.6 cm³/mol. The van der Waals surface area contributed by atoms with E-state index in [2.05, 4.69) is 13.8 Å². The maximum atomic E-state index is 13.4. The largest absolute Gasteiger partial charge is 0.465 e. The van der Waals surface area contributed by atoms with E-state index >= 15 is 0 Å². The van der Waals surface area contributed by atoms with Gasteiger partial charge in [0, 0.05) is 5.56 Å². The Kier molecular flexibility index (Phi) is 6.51. The number of carbonyl (C=O) groups excluding carboxylic acids is 3. The molecule has 0 spiro atoms. The first-order valence-corrected chi connectivity index (χ1v) is 9.38. The molecule has 0 heterocycles. The van der Waals surface area contributed by atoms with Crippen molar-refractivity contribution < 1.29 is 19.1 Å². The van der Waals surface area contributed by atoms with Crippen molar-refractivity contribution in [3.8, 4) is 0 Å². The molecule has 1 aliphatic carbocycles. The molecule has 136 valence electrons. The summed E-state index contributed by atoms with van der Waals surface area (Å²) >= 11 is 0. The van der Waals surface area contributed by atoms with Crippen molar-refractivity contribution in [2.24, 2.45) is 5.92 Å². The molecule has 1 aromatic carbocycles. The van der Waals surface area contributed by atoms with Gasteiger partial charge in [-0.2, -0.15) is 0 Å². The molecule has 4 nitrogen and oxygen atoms in total. The Hall–Kier alpha value is -1.97. The number of hydrogen-bond donors (Lipinski definition) is 0. The summed E-state index contributed by atoms with van der Waals surface area (Å²) in [6.45, 7) is 6.01. The summed E-state index contributed by atoms with van der Waals surface area (Å²) in [4.78, 5) is 38.7. The van der Waals surface area contributed by atoms with Crippen molar-refractivity contribution in [3.63, 3.8) is 0 Å². The van der Waals surface area contributed by atoms with Gasteiger partial charge in [-0.15, -0.1) is 0 Å². The molecule has 4 heteroatoms. The van der Waals surface area contributed by atoms with Gasteiger partial charge in [-0.05, 0) is 25.3 Å². The predicted octanol–water partition coefficient (Wildman–Crippen LogP) is 4.25. The van der Waals surface area contributed by atoms with E-state index in [1.807, 2.05) is 12.1 Å². The SMILES string of the molecule is CCCCC1(CCCC)C(=O)C(C(=O)OCC)C(=O)c2ccccc21. The van der Waals surface area contributed by atoms with Gasteiger partial charge in [-0.25, -0.2) is 0 Å². The van der Waals surface area contributed by atoms with Gasteiger partial charge in [0.2, 0.25) is 0 Å². The Labute approximate surface area is 149 Å². The number of Topliss-reactive ketones (excluding diaryl/α,β-unsaturated/α-hetero) is 2. The Morgan fingerprint density at radius 1 is 1.04 bits per heavy atom. The molecule has 0 aliphatic heterocycles. The number of benzene rings is 1. The smallest absolute Gasteiger partial charge is 0.324 e. The Bertz CT molecular complexity index is 639. The molecule has 0 saturated carbocycles. The van der Waals surface area contributed by atoms with E-state index in [9.17, 15) is 14.4 Å². The number of rotatable bonds is 8. The van der Waals surface area contributed by atoms with Crippen LogP contribution in [0, 0.1) is 5.92 Å². The maximum absolute atomic E-state index is 13.4. The summed E-state index contributed by atoms with van der Waals surface area (Å²) in [6, 6.07) is 7.29. The van der Waals surface area contributed by atoms with Crippen molar-refractivity contribution in [1.82, 2.24) is 0 Å². The molecule has 1 unspecified atom stereocenters. The van der Waals surface area contributed by atoms with Gasteiger partial charge in [0.05, 0.1) is 12.0 Å². The molecule has 0 saturated heterocycles. The summed E-state index contributed by atoms with van der Waals surface area (Å²) < 4.78 is 5.06. The highest BCUT2D eigenvalue weighted by Crippen LogP contribution is 2.44. The van der Waals surface area contributed by atoms with Crippen LogP contribution in [-0.4, -0.2) is 24.1 Å². The highest BCUT2D eigenvalue weighted by Gasteiger charge is 2.53. The van der Waals surface area contributed by atoms with Gasteiger partial charge in [0.15, 0.2) is 17.5 Å². The fraction of sp³-hybridized carbons (Fsp3) is 0.571. The fourth-order valence-corrected chi connectivity index (χ4v) is 3.84. The zero-order valence-electron chi connectivity index (χ0n) is 15.5. The van der Waals surface area contributed by atoms with Gasteiger partial charge in [0.1, 0.15) is 0 Å². The third-order valence-corrected chi connectivity index (χ3v) is 5.14. The molecule has 0 fully saturated rings. The molecule has 0 radical (unpaired) electrons. The van der Waals surface area contributed by atoms with Crippen LogP contribution in [0.3, 0.4) is 0 Å². The van der Waals surface area contributed by atoms with Crippen LogP contribution in [0.2, 0.25) is 0 Å². The lowest BCUT2D eigenvalue weighted by Crippen LogP contribution is -2.51. The van der Waals surface area contributed by atoms with Crippen LogP contribution in [0.25, 0.3) is 0 Å². The van der Waals surface area contributed by atoms with Crippen LogP contribution in [0.5, 0.6) is 0 Å². The van der Waals surface area contributed by atoms with Crippen LogP contribution in [0.1, 0.15) is 75.2 Å². The Morgan fingerprint density at radius 3 is 2.20 bits per heavy atom. The van der Waals surface area contributed by atoms with Crippen molar-refractivity contribution >= 4 is 17.5 Å². The molecule has 1 aromatic rings. The highest BCUT2D eigenvalue weighted by molar-refractivity contribution is 6.28. The van der Waals surface area contributed by atoms with E-state index < -0.39 is 23.1 Å². The number of fused-ring (bicyclic) bond motifs is 1. The topological polar surface area (TPSA) is 60.4 Å². The molecule has 2 rings (SSSR count). The van der Waals surface area contributed by atoms with Crippen LogP contribution < -0.4 is 0 Å². The molecule has 0 amide bonds. The number of hydrogen-bond acceptors (Lipinski definition) is 4. The number of ether oxygens (including phenoxy) is 1. The van der Waals surface area contributed by atoms with Crippen molar-refractivity contribution in [2.75, 3.05) is 6.61 Å². The monoisotopic (exact) mass is 344 g/mol. The van der Waals surface area contributed by atoms with Gasteiger partial charge in [0.25, 0.3) is 0 Å². The summed E-state index contributed by atoms with van der Waals surface area (Å²) in [5, 5.41) is 0. The summed E-state index contributed by atoms with van der Waals surface area (Å²) in [7, 11) is 0. The minimum absolute atomic E-state index is 0.161. The number of carbonyl (C=O) groups is 3. The molecular formula is C21H28O4. The highest BCUT2D eigenvalue weighted by atomic mass is 16.5. The van der Waals surface area contributed by atoms with E-state index in [0.717, 1.165) is 31.2 Å². The lowest BCUT2D eigenvalue weighted by Gasteiger charge is -2.40. The van der Waals surface area contributed by atoms with E-state index in [4.69, 9.17) is 4.74 Å². The standard InChI is InChI=1S/C21H28O4/c1-4-7-13-21(14-8-5-2)16-12-10-9-11-15(16)18(22)17(19(21)23)20(24)25-6-3/h9-12,17H,4-8,13-14H2,1-3H3. The fourth-order valence-electron chi connectivity index (χ4n) is 3.84. The van der Waals surface area contributed by atoms with Gasteiger partial charge in [-0.3, -0.25) is 14.4 Å². The molecule has 0 aromatic heterocycles. The quantitative estimate of drug-likeness (QED) is 0.522. The summed E-state index contributed by atoms with van der Waals surface area (Å²) in [6.07, 6.45) is 5.02. The normalized spacial score (nSPS) is 18.8. The van der Waals surface area contributed by atoms with Crippen LogP contribution in [0.15, 0.2) is 24.3 Å². The molecular weight excluding hydrogens is 316 g/mol. The van der Waals surface area contributed by atoms with E-state index in [-0.39, 0.29) is 12.4 Å². The van der Waals surface area contributed by atoms with Gasteiger partial charge < -0.3 is 4.74 Å². The lowest BCUT2D eigenvalue weighted by atomic mass is 9.60. The number of ketones is 2. The van der Waals surface area contributed by atoms with Gasteiger partial charge >= 0.3 is 5.97 Å². The molecule has 0 N–H and O–H groups in total. The lowest BCUT2D eigenvalue weighted by molar-refractivity contribution is -0.151. The molecule has 25 heavy (non-hydrogen) atoms. The second-order valence-corrected chi connectivity index (χ2v) is 6.75. The van der Waals surface area contributed by atoms with Gasteiger partial charge in [-0.1, -0.05) is 63.8 Å². The van der Waals surface area contributed by atoms with Crippen molar-refractivity contribution in [2.45, 2.75) is 64.7 Å². The summed E-state index contributed by atoms with van der Waals surface area (Å²) in [5.74, 6) is -2.70. The average molecular weight is 344 g/mol.